The molecule has 0 bridgehead atoms. The molecule has 9 heteroatoms. The van der Waals surface area contributed by atoms with E-state index in [1.165, 1.54) is 23.8 Å². The molecule has 0 atom stereocenters. The van der Waals surface area contributed by atoms with Gasteiger partial charge in [-0.3, -0.25) is 14.9 Å². The standard InChI is InChI=1S/C22H21N3O5S/c1-4-14-5-7-15(8-6-14)18-12-20(30-24-18)23-21(26)16-9-10-17-19(11-16)31(28,29)25(13(2)3)22(17)27/h5-13H,4H2,1-3H3,(H,23,26). The first-order chi connectivity index (χ1) is 14.7. The fourth-order valence-corrected chi connectivity index (χ4v) is 5.26. The average molecular weight is 439 g/mol. The van der Waals surface area contributed by atoms with Crippen molar-refractivity contribution in [3.8, 4) is 11.3 Å². The molecule has 0 radical (unpaired) electrons. The molecule has 3 aromatic rings. The summed E-state index contributed by atoms with van der Waals surface area (Å²) in [7, 11) is -3.99. The number of benzene rings is 2. The highest BCUT2D eigenvalue weighted by Gasteiger charge is 2.42. The molecule has 2 heterocycles. The van der Waals surface area contributed by atoms with Crippen LogP contribution in [0.5, 0.6) is 0 Å². The molecule has 0 fully saturated rings. The van der Waals surface area contributed by atoms with Gasteiger partial charge in [0.05, 0.1) is 5.56 Å². The molecule has 0 unspecified atom stereocenters. The Labute approximate surface area is 179 Å². The van der Waals surface area contributed by atoms with Gasteiger partial charge in [0.2, 0.25) is 5.88 Å². The summed E-state index contributed by atoms with van der Waals surface area (Å²) in [5.74, 6) is -1.04. The van der Waals surface area contributed by atoms with Crippen molar-refractivity contribution in [2.24, 2.45) is 0 Å². The normalized spacial score (nSPS) is 14.7. The Morgan fingerprint density at radius 3 is 2.48 bits per heavy atom. The zero-order valence-corrected chi connectivity index (χ0v) is 18.1. The van der Waals surface area contributed by atoms with Crippen LogP contribution in [0.25, 0.3) is 11.3 Å². The predicted octanol–water partition coefficient (Wildman–Crippen LogP) is 3.71. The van der Waals surface area contributed by atoms with E-state index in [9.17, 15) is 18.0 Å². The first-order valence-corrected chi connectivity index (χ1v) is 11.3. The van der Waals surface area contributed by atoms with Gasteiger partial charge in [-0.25, -0.2) is 12.7 Å². The van der Waals surface area contributed by atoms with Gasteiger partial charge in [-0.15, -0.1) is 0 Å². The molecule has 0 spiro atoms. The summed E-state index contributed by atoms with van der Waals surface area (Å²) in [6.45, 7) is 5.30. The number of carbonyl (C=O) groups excluding carboxylic acids is 2. The third-order valence-corrected chi connectivity index (χ3v) is 7.08. The number of rotatable bonds is 5. The number of hydrogen-bond donors (Lipinski definition) is 1. The maximum absolute atomic E-state index is 12.7. The lowest BCUT2D eigenvalue weighted by Gasteiger charge is -2.18. The number of carbonyl (C=O) groups is 2. The zero-order chi connectivity index (χ0) is 22.3. The van der Waals surface area contributed by atoms with Gasteiger partial charge in [0.25, 0.3) is 21.8 Å². The van der Waals surface area contributed by atoms with Crippen LogP contribution in [0.3, 0.4) is 0 Å². The number of fused-ring (bicyclic) bond motifs is 1. The molecule has 31 heavy (non-hydrogen) atoms. The molecule has 160 valence electrons. The van der Waals surface area contributed by atoms with Crippen molar-refractivity contribution in [2.75, 3.05) is 5.32 Å². The summed E-state index contributed by atoms with van der Waals surface area (Å²) < 4.78 is 31.5. The van der Waals surface area contributed by atoms with Gasteiger partial charge in [0.15, 0.2) is 0 Å². The summed E-state index contributed by atoms with van der Waals surface area (Å²) in [5.41, 5.74) is 2.75. The highest BCUT2D eigenvalue weighted by Crippen LogP contribution is 2.33. The molecular weight excluding hydrogens is 418 g/mol. The maximum atomic E-state index is 12.7. The lowest BCUT2D eigenvalue weighted by molar-refractivity contribution is 0.0846. The molecule has 0 saturated heterocycles. The number of sulfonamides is 1. The topological polar surface area (TPSA) is 110 Å². The van der Waals surface area contributed by atoms with E-state index in [1.54, 1.807) is 19.9 Å². The van der Waals surface area contributed by atoms with Crippen molar-refractivity contribution in [2.45, 2.75) is 38.1 Å². The van der Waals surface area contributed by atoms with E-state index in [0.717, 1.165) is 16.3 Å². The molecular formula is C22H21N3O5S. The van der Waals surface area contributed by atoms with E-state index in [1.807, 2.05) is 24.3 Å². The van der Waals surface area contributed by atoms with Crippen molar-refractivity contribution in [3.05, 3.63) is 65.2 Å². The van der Waals surface area contributed by atoms with E-state index in [2.05, 4.69) is 17.4 Å². The van der Waals surface area contributed by atoms with Crippen molar-refractivity contribution >= 4 is 27.7 Å². The van der Waals surface area contributed by atoms with Gasteiger partial charge in [0.1, 0.15) is 10.6 Å². The summed E-state index contributed by atoms with van der Waals surface area (Å²) >= 11 is 0. The van der Waals surface area contributed by atoms with Crippen LogP contribution in [0, 0.1) is 0 Å². The Kier molecular flexibility index (Phi) is 5.14. The number of amides is 2. The highest BCUT2D eigenvalue weighted by molar-refractivity contribution is 7.90. The van der Waals surface area contributed by atoms with Gasteiger partial charge in [-0.2, -0.15) is 0 Å². The minimum absolute atomic E-state index is 0.0581. The minimum Gasteiger partial charge on any atom is -0.338 e. The van der Waals surface area contributed by atoms with Crippen LogP contribution in [-0.2, 0) is 16.4 Å². The van der Waals surface area contributed by atoms with Gasteiger partial charge in [-0.05, 0) is 44.0 Å². The van der Waals surface area contributed by atoms with Crippen molar-refractivity contribution in [3.63, 3.8) is 0 Å². The van der Waals surface area contributed by atoms with Crippen LogP contribution in [0.4, 0.5) is 5.88 Å². The second-order valence-corrected chi connectivity index (χ2v) is 9.28. The molecule has 2 aromatic carbocycles. The van der Waals surface area contributed by atoms with Crippen LogP contribution in [0.2, 0.25) is 0 Å². The van der Waals surface area contributed by atoms with E-state index in [-0.39, 0.29) is 21.9 Å². The van der Waals surface area contributed by atoms with Crippen molar-refractivity contribution < 1.29 is 22.5 Å². The second-order valence-electron chi connectivity index (χ2n) is 7.49. The molecule has 1 aliphatic heterocycles. The first kappa shape index (κ1) is 20.8. The fourth-order valence-electron chi connectivity index (χ4n) is 3.46. The summed E-state index contributed by atoms with van der Waals surface area (Å²) in [5, 5.41) is 6.55. The third kappa shape index (κ3) is 3.61. The number of hydrogen-bond acceptors (Lipinski definition) is 6. The molecule has 1 aliphatic rings. The summed E-state index contributed by atoms with van der Waals surface area (Å²) in [6.07, 6.45) is 0.928. The number of nitrogens with one attached hydrogen (secondary N) is 1. The summed E-state index contributed by atoms with van der Waals surface area (Å²) in [4.78, 5) is 24.9. The average Bonchev–Trinajstić information content (AvgIpc) is 3.28. The lowest BCUT2D eigenvalue weighted by atomic mass is 10.1. The van der Waals surface area contributed by atoms with Crippen LogP contribution in [0.1, 0.15) is 47.1 Å². The monoisotopic (exact) mass is 439 g/mol. The third-order valence-electron chi connectivity index (χ3n) is 5.09. The molecule has 1 aromatic heterocycles. The van der Waals surface area contributed by atoms with Gasteiger partial charge in [0, 0.05) is 23.2 Å². The molecule has 0 aliphatic carbocycles. The molecule has 0 saturated carbocycles. The number of aromatic nitrogens is 1. The molecule has 4 rings (SSSR count). The molecule has 1 N–H and O–H groups in total. The molecule has 2 amide bonds. The quantitative estimate of drug-likeness (QED) is 0.649. The van der Waals surface area contributed by atoms with Crippen molar-refractivity contribution in [1.29, 1.82) is 0 Å². The largest absolute Gasteiger partial charge is 0.338 e. The Hall–Kier alpha value is -3.46. The lowest BCUT2D eigenvalue weighted by Crippen LogP contribution is -2.36. The second kappa shape index (κ2) is 7.66. The SMILES string of the molecule is CCc1ccc(-c2cc(NC(=O)c3ccc4c(c3)S(=O)(=O)N(C(C)C)C4=O)on2)cc1. The van der Waals surface area contributed by atoms with Crippen LogP contribution in [-0.4, -0.2) is 35.7 Å². The van der Waals surface area contributed by atoms with E-state index >= 15 is 0 Å². The van der Waals surface area contributed by atoms with Crippen LogP contribution >= 0.6 is 0 Å². The van der Waals surface area contributed by atoms with Crippen LogP contribution < -0.4 is 5.32 Å². The van der Waals surface area contributed by atoms with Gasteiger partial charge in [-0.1, -0.05) is 36.3 Å². The van der Waals surface area contributed by atoms with Crippen LogP contribution in [0.15, 0.2) is 57.9 Å². The van der Waals surface area contributed by atoms with Gasteiger partial charge < -0.3 is 4.52 Å². The molecule has 8 nitrogen and oxygen atoms in total. The zero-order valence-electron chi connectivity index (χ0n) is 17.2. The van der Waals surface area contributed by atoms with E-state index < -0.39 is 27.9 Å². The predicted molar refractivity (Wildman–Crippen MR) is 114 cm³/mol. The Bertz CT molecular complexity index is 1280. The first-order valence-electron chi connectivity index (χ1n) is 9.82. The Morgan fingerprint density at radius 2 is 1.84 bits per heavy atom. The van der Waals surface area contributed by atoms with E-state index in [4.69, 9.17) is 4.52 Å². The number of nitrogens with zero attached hydrogens (tertiary/aromatic N) is 2. The minimum atomic E-state index is -3.99. The highest BCUT2D eigenvalue weighted by atomic mass is 32.2. The van der Waals surface area contributed by atoms with Crippen molar-refractivity contribution in [1.82, 2.24) is 9.46 Å². The van der Waals surface area contributed by atoms with Gasteiger partial charge >= 0.3 is 0 Å². The Morgan fingerprint density at radius 1 is 1.13 bits per heavy atom. The number of aryl methyl sites for hydroxylation is 1. The Balaban J connectivity index is 1.56. The smallest absolute Gasteiger partial charge is 0.269 e. The summed E-state index contributed by atoms with van der Waals surface area (Å²) in [6, 6.07) is 12.9. The maximum Gasteiger partial charge on any atom is 0.269 e. The van der Waals surface area contributed by atoms with E-state index in [0.29, 0.717) is 5.69 Å². The number of anilines is 1. The fraction of sp³-hybridized carbons (Fsp3) is 0.227.